The van der Waals surface area contributed by atoms with Crippen LogP contribution in [-0.4, -0.2) is 29.0 Å². The third kappa shape index (κ3) is 4.21. The van der Waals surface area contributed by atoms with E-state index in [1.54, 1.807) is 23.6 Å². The zero-order valence-electron chi connectivity index (χ0n) is 13.8. The minimum Gasteiger partial charge on any atom is -0.451 e. The number of carbonyl (C=O) groups excluding carboxylic acids is 2. The van der Waals surface area contributed by atoms with Crippen LogP contribution in [0.1, 0.15) is 36.2 Å². The highest BCUT2D eigenvalue weighted by atomic mass is 35.5. The van der Waals surface area contributed by atoms with E-state index in [0.29, 0.717) is 22.9 Å². The summed E-state index contributed by atoms with van der Waals surface area (Å²) in [6, 6.07) is 9.31. The average Bonchev–Trinajstić information content (AvgIpc) is 3.30. The molecule has 0 atom stereocenters. The normalized spacial score (nSPS) is 15.2. The zero-order chi connectivity index (χ0) is 18.6. The molecule has 1 amide bonds. The lowest BCUT2D eigenvalue weighted by Crippen LogP contribution is -2.46. The molecule has 134 valence electrons. The van der Waals surface area contributed by atoms with Gasteiger partial charge in [-0.2, -0.15) is 5.26 Å². The monoisotopic (exact) mass is 389 g/mol. The molecule has 1 aliphatic carbocycles. The molecule has 8 heteroatoms. The maximum Gasteiger partial charge on any atom is 0.358 e. The number of nitriles is 1. The molecule has 1 fully saturated rings. The van der Waals surface area contributed by atoms with E-state index in [9.17, 15) is 14.9 Å². The number of nitrogens with zero attached hydrogens (tertiary/aromatic N) is 2. The van der Waals surface area contributed by atoms with Crippen molar-refractivity contribution in [3.63, 3.8) is 0 Å². The van der Waals surface area contributed by atoms with Gasteiger partial charge < -0.3 is 10.1 Å². The molecular weight excluding hydrogens is 374 g/mol. The van der Waals surface area contributed by atoms with Gasteiger partial charge in [-0.05, 0) is 37.8 Å². The number of hydrogen-bond acceptors (Lipinski definition) is 6. The number of carbonyl (C=O) groups is 2. The maximum atomic E-state index is 12.1. The first-order chi connectivity index (χ1) is 12.5. The Morgan fingerprint density at radius 3 is 2.85 bits per heavy atom. The van der Waals surface area contributed by atoms with Crippen molar-refractivity contribution in [2.45, 2.75) is 31.2 Å². The van der Waals surface area contributed by atoms with Crippen molar-refractivity contribution < 1.29 is 14.3 Å². The molecule has 0 spiro atoms. The van der Waals surface area contributed by atoms with Gasteiger partial charge in [-0.25, -0.2) is 9.78 Å². The second-order valence-corrected chi connectivity index (χ2v) is 7.37. The number of halogens is 1. The molecule has 1 aromatic carbocycles. The van der Waals surface area contributed by atoms with Crippen LogP contribution in [0.15, 0.2) is 29.6 Å². The highest BCUT2D eigenvalue weighted by Gasteiger charge is 2.35. The number of amides is 1. The van der Waals surface area contributed by atoms with E-state index in [-0.39, 0.29) is 5.69 Å². The molecule has 0 aliphatic heterocycles. The van der Waals surface area contributed by atoms with Crippen LogP contribution in [0.25, 0.3) is 10.6 Å². The van der Waals surface area contributed by atoms with Gasteiger partial charge in [0.2, 0.25) is 0 Å². The quantitative estimate of drug-likeness (QED) is 0.789. The Kier molecular flexibility index (Phi) is 5.55. The van der Waals surface area contributed by atoms with Gasteiger partial charge in [0.05, 0.1) is 6.07 Å². The fourth-order valence-corrected chi connectivity index (χ4v) is 3.85. The molecule has 1 aliphatic rings. The number of thiazole rings is 1. The van der Waals surface area contributed by atoms with E-state index in [1.807, 2.05) is 6.07 Å². The first kappa shape index (κ1) is 18.4. The lowest BCUT2D eigenvalue weighted by atomic mass is 10.00. The summed E-state index contributed by atoms with van der Waals surface area (Å²) in [7, 11) is 0. The number of benzene rings is 1. The molecule has 2 aromatic rings. The van der Waals surface area contributed by atoms with Crippen LogP contribution in [-0.2, 0) is 9.53 Å². The second-order valence-electron chi connectivity index (χ2n) is 6.07. The number of esters is 1. The van der Waals surface area contributed by atoms with E-state index in [2.05, 4.69) is 16.4 Å². The van der Waals surface area contributed by atoms with Crippen molar-refractivity contribution in [1.82, 2.24) is 10.3 Å². The number of aromatic nitrogens is 1. The lowest BCUT2D eigenvalue weighted by molar-refractivity contribution is -0.125. The van der Waals surface area contributed by atoms with Crippen molar-refractivity contribution in [2.24, 2.45) is 0 Å². The van der Waals surface area contributed by atoms with E-state index in [4.69, 9.17) is 16.3 Å². The Labute approximate surface area is 159 Å². The van der Waals surface area contributed by atoms with Crippen LogP contribution in [0, 0.1) is 11.3 Å². The third-order valence-corrected chi connectivity index (χ3v) is 5.30. The zero-order valence-corrected chi connectivity index (χ0v) is 15.4. The van der Waals surface area contributed by atoms with Crippen LogP contribution in [0.5, 0.6) is 0 Å². The highest BCUT2D eigenvalue weighted by molar-refractivity contribution is 7.13. The van der Waals surface area contributed by atoms with Crippen LogP contribution < -0.4 is 5.32 Å². The molecule has 0 radical (unpaired) electrons. The summed E-state index contributed by atoms with van der Waals surface area (Å²) in [4.78, 5) is 28.3. The maximum absolute atomic E-state index is 12.1. The predicted octanol–water partition coefficient (Wildman–Crippen LogP) is 3.57. The Morgan fingerprint density at radius 1 is 1.38 bits per heavy atom. The summed E-state index contributed by atoms with van der Waals surface area (Å²) in [5.74, 6) is -1.16. The van der Waals surface area contributed by atoms with Crippen molar-refractivity contribution in [1.29, 1.82) is 5.26 Å². The molecule has 6 nitrogen and oxygen atoms in total. The molecule has 1 aromatic heterocycles. The van der Waals surface area contributed by atoms with Gasteiger partial charge in [-0.15, -0.1) is 11.3 Å². The van der Waals surface area contributed by atoms with Gasteiger partial charge >= 0.3 is 5.97 Å². The minimum absolute atomic E-state index is 0.133. The van der Waals surface area contributed by atoms with Gasteiger partial charge in [0, 0.05) is 16.0 Å². The third-order valence-electron chi connectivity index (χ3n) is 4.17. The summed E-state index contributed by atoms with van der Waals surface area (Å²) >= 11 is 7.25. The number of rotatable bonds is 5. The van der Waals surface area contributed by atoms with Gasteiger partial charge in [-0.1, -0.05) is 23.7 Å². The van der Waals surface area contributed by atoms with E-state index in [1.165, 1.54) is 11.3 Å². The molecule has 0 bridgehead atoms. The number of hydrogen-bond donors (Lipinski definition) is 1. The Morgan fingerprint density at radius 2 is 2.15 bits per heavy atom. The average molecular weight is 390 g/mol. The van der Waals surface area contributed by atoms with E-state index in [0.717, 1.165) is 18.4 Å². The van der Waals surface area contributed by atoms with Gasteiger partial charge in [0.15, 0.2) is 12.3 Å². The molecule has 1 heterocycles. The Bertz CT molecular complexity index is 869. The van der Waals surface area contributed by atoms with Crippen molar-refractivity contribution in [3.8, 4) is 16.6 Å². The molecule has 1 saturated carbocycles. The second kappa shape index (κ2) is 7.85. The number of nitrogens with one attached hydrogen (secondary N) is 1. The van der Waals surface area contributed by atoms with E-state index >= 15 is 0 Å². The van der Waals surface area contributed by atoms with Gasteiger partial charge in [0.1, 0.15) is 10.5 Å². The molecule has 1 N–H and O–H groups in total. The molecule has 0 unspecified atom stereocenters. The van der Waals surface area contributed by atoms with Crippen molar-refractivity contribution in [3.05, 3.63) is 40.4 Å². The fourth-order valence-electron chi connectivity index (χ4n) is 2.87. The van der Waals surface area contributed by atoms with E-state index < -0.39 is 24.0 Å². The number of ether oxygens (including phenoxy) is 1. The SMILES string of the molecule is N#CC1(NC(=O)COC(=O)c2csc(-c3cccc(Cl)c3)n2)CCCC1. The standard InChI is InChI=1S/C18H16ClN3O3S/c19-13-5-3-4-12(8-13)16-21-14(10-26-16)17(24)25-9-15(23)22-18(11-20)6-1-2-7-18/h3-5,8,10H,1-2,6-7,9H2,(H,22,23). The van der Waals surface area contributed by atoms with Gasteiger partial charge in [0.25, 0.3) is 5.91 Å². The van der Waals surface area contributed by atoms with Crippen LogP contribution in [0.3, 0.4) is 0 Å². The first-order valence-electron chi connectivity index (χ1n) is 8.12. The minimum atomic E-state index is -0.829. The highest BCUT2D eigenvalue weighted by Crippen LogP contribution is 2.29. The summed E-state index contributed by atoms with van der Waals surface area (Å²) in [6.45, 7) is -0.438. The van der Waals surface area contributed by atoms with Crippen LogP contribution in [0.4, 0.5) is 0 Å². The lowest BCUT2D eigenvalue weighted by Gasteiger charge is -2.21. The summed E-state index contributed by atoms with van der Waals surface area (Å²) < 4.78 is 5.02. The first-order valence-corrected chi connectivity index (χ1v) is 9.38. The van der Waals surface area contributed by atoms with Crippen molar-refractivity contribution >= 4 is 34.8 Å². The fraction of sp³-hybridized carbons (Fsp3) is 0.333. The summed E-state index contributed by atoms with van der Waals surface area (Å²) in [5, 5.41) is 14.7. The molecule has 3 rings (SSSR count). The molecule has 0 saturated heterocycles. The largest absolute Gasteiger partial charge is 0.451 e. The smallest absolute Gasteiger partial charge is 0.358 e. The topological polar surface area (TPSA) is 92.1 Å². The van der Waals surface area contributed by atoms with Crippen LogP contribution in [0.2, 0.25) is 5.02 Å². The van der Waals surface area contributed by atoms with Gasteiger partial charge in [-0.3, -0.25) is 4.79 Å². The van der Waals surface area contributed by atoms with Crippen molar-refractivity contribution in [2.75, 3.05) is 6.61 Å². The Hall–Kier alpha value is -2.43. The Balaban J connectivity index is 1.57. The predicted molar refractivity (Wildman–Crippen MR) is 97.8 cm³/mol. The molecule has 26 heavy (non-hydrogen) atoms. The van der Waals surface area contributed by atoms with Crippen LogP contribution >= 0.6 is 22.9 Å². The summed E-state index contributed by atoms with van der Waals surface area (Å²) in [6.07, 6.45) is 3.05. The molecular formula is C18H16ClN3O3S. The summed E-state index contributed by atoms with van der Waals surface area (Å²) in [5.41, 5.74) is 0.106.